The van der Waals surface area contributed by atoms with Crippen LogP contribution in [-0.4, -0.2) is 0 Å². The van der Waals surface area contributed by atoms with Gasteiger partial charge in [0.15, 0.2) is 0 Å². The Morgan fingerprint density at radius 2 is 2.20 bits per heavy atom. The number of hydrogen-bond acceptors (Lipinski definition) is 0. The Morgan fingerprint density at radius 1 is 1.50 bits per heavy atom. The van der Waals surface area contributed by atoms with Gasteiger partial charge in [-0.25, -0.2) is 4.39 Å². The molecule has 1 aromatic carbocycles. The number of aryl methyl sites for hydroxylation is 1. The van der Waals surface area contributed by atoms with Crippen molar-refractivity contribution in [2.24, 2.45) is 0 Å². The normalized spacial score (nSPS) is 9.90. The summed E-state index contributed by atoms with van der Waals surface area (Å²) in [5.74, 6) is 0. The van der Waals surface area contributed by atoms with Crippen molar-refractivity contribution >= 4 is 22.6 Å². The summed E-state index contributed by atoms with van der Waals surface area (Å²) >= 11 is 2.15. The summed E-state index contributed by atoms with van der Waals surface area (Å²) in [6, 6.07) is 5.74. The quantitative estimate of drug-likeness (QED) is 0.672. The Labute approximate surface area is 73.6 Å². The number of benzene rings is 1. The molecule has 54 valence electrons. The molecule has 0 saturated heterocycles. The second kappa shape index (κ2) is 3.32. The lowest BCUT2D eigenvalue weighted by atomic mass is 10.2. The molecule has 0 radical (unpaired) electrons. The van der Waals surface area contributed by atoms with Gasteiger partial charge in [0, 0.05) is 3.57 Å². The average molecular weight is 250 g/mol. The Bertz CT molecular complexity index is 233. The van der Waals surface area contributed by atoms with Gasteiger partial charge in [-0.1, -0.05) is 17.7 Å². The van der Waals surface area contributed by atoms with Crippen molar-refractivity contribution in [1.82, 2.24) is 0 Å². The smallest absolute Gasteiger partial charge is 0.116 e. The summed E-state index contributed by atoms with van der Waals surface area (Å²) in [5.41, 5.74) is 1.97. The van der Waals surface area contributed by atoms with Gasteiger partial charge in [0.25, 0.3) is 0 Å². The Kier molecular flexibility index (Phi) is 2.65. The van der Waals surface area contributed by atoms with E-state index in [0.29, 0.717) is 0 Å². The van der Waals surface area contributed by atoms with Crippen LogP contribution in [0.4, 0.5) is 4.39 Å². The average Bonchev–Trinajstić information content (AvgIpc) is 1.88. The van der Waals surface area contributed by atoms with E-state index >= 15 is 0 Å². The summed E-state index contributed by atoms with van der Waals surface area (Å²) in [4.78, 5) is 0. The third kappa shape index (κ3) is 1.68. The maximum Gasteiger partial charge on any atom is 0.116 e. The zero-order chi connectivity index (χ0) is 7.56. The van der Waals surface area contributed by atoms with Crippen LogP contribution < -0.4 is 0 Å². The first-order chi connectivity index (χ1) is 4.74. The lowest BCUT2D eigenvalue weighted by molar-refractivity contribution is 0.483. The zero-order valence-corrected chi connectivity index (χ0v) is 7.85. The van der Waals surface area contributed by atoms with Crippen molar-refractivity contribution in [2.45, 2.75) is 13.6 Å². The van der Waals surface area contributed by atoms with Crippen LogP contribution >= 0.6 is 22.6 Å². The van der Waals surface area contributed by atoms with Gasteiger partial charge >= 0.3 is 0 Å². The second-order valence-electron chi connectivity index (χ2n) is 2.23. The van der Waals surface area contributed by atoms with Crippen molar-refractivity contribution < 1.29 is 4.39 Å². The van der Waals surface area contributed by atoms with Crippen LogP contribution in [0.5, 0.6) is 0 Å². The summed E-state index contributed by atoms with van der Waals surface area (Å²) in [5, 5.41) is 0. The standard InChI is InChI=1S/C8H8FI/c1-6-2-3-7(5-9)8(10)4-6/h2-4H,5H2,1H3. The van der Waals surface area contributed by atoms with Crippen LogP contribution in [-0.2, 0) is 6.67 Å². The molecule has 0 heterocycles. The molecule has 1 aromatic rings. The second-order valence-corrected chi connectivity index (χ2v) is 3.39. The first-order valence-corrected chi connectivity index (χ1v) is 4.13. The largest absolute Gasteiger partial charge is 0.246 e. The lowest BCUT2D eigenvalue weighted by Gasteiger charge is -1.98. The maximum atomic E-state index is 12.1. The highest BCUT2D eigenvalue weighted by Gasteiger charge is 1.96. The molecule has 10 heavy (non-hydrogen) atoms. The van der Waals surface area contributed by atoms with Gasteiger partial charge in [0.1, 0.15) is 6.67 Å². The fourth-order valence-electron chi connectivity index (χ4n) is 0.761. The van der Waals surface area contributed by atoms with E-state index in [1.165, 1.54) is 5.56 Å². The van der Waals surface area contributed by atoms with Gasteiger partial charge in [-0.05, 0) is 41.1 Å². The molecule has 0 spiro atoms. The van der Waals surface area contributed by atoms with E-state index in [1.807, 2.05) is 25.1 Å². The Hall–Kier alpha value is -0.120. The predicted octanol–water partition coefficient (Wildman–Crippen LogP) is 3.07. The highest BCUT2D eigenvalue weighted by Crippen LogP contribution is 2.14. The van der Waals surface area contributed by atoms with E-state index < -0.39 is 0 Å². The number of rotatable bonds is 1. The van der Waals surface area contributed by atoms with E-state index in [4.69, 9.17) is 0 Å². The molecule has 0 amide bonds. The van der Waals surface area contributed by atoms with Gasteiger partial charge < -0.3 is 0 Å². The van der Waals surface area contributed by atoms with Crippen LogP contribution in [0.1, 0.15) is 11.1 Å². The molecule has 0 aliphatic rings. The summed E-state index contributed by atoms with van der Waals surface area (Å²) in [7, 11) is 0. The van der Waals surface area contributed by atoms with Gasteiger partial charge in [0.2, 0.25) is 0 Å². The molecule has 0 bridgehead atoms. The third-order valence-electron chi connectivity index (χ3n) is 1.35. The number of hydrogen-bond donors (Lipinski definition) is 0. The zero-order valence-electron chi connectivity index (χ0n) is 5.70. The molecule has 0 aliphatic heterocycles. The first-order valence-electron chi connectivity index (χ1n) is 3.05. The molecule has 0 fully saturated rings. The number of halogens is 2. The van der Waals surface area contributed by atoms with Crippen molar-refractivity contribution in [1.29, 1.82) is 0 Å². The SMILES string of the molecule is Cc1ccc(CF)c(I)c1. The van der Waals surface area contributed by atoms with E-state index in [1.54, 1.807) is 0 Å². The van der Waals surface area contributed by atoms with Gasteiger partial charge in [-0.2, -0.15) is 0 Å². The minimum atomic E-state index is -0.363. The van der Waals surface area contributed by atoms with Crippen molar-refractivity contribution in [3.05, 3.63) is 32.9 Å². The molecule has 0 unspecified atom stereocenters. The molecule has 1 rings (SSSR count). The first kappa shape index (κ1) is 7.98. The summed E-state index contributed by atoms with van der Waals surface area (Å²) in [6.07, 6.45) is 0. The monoisotopic (exact) mass is 250 g/mol. The van der Waals surface area contributed by atoms with Crippen LogP contribution in [0, 0.1) is 10.5 Å². The van der Waals surface area contributed by atoms with E-state index in [2.05, 4.69) is 22.6 Å². The van der Waals surface area contributed by atoms with Gasteiger partial charge in [-0.15, -0.1) is 0 Å². The van der Waals surface area contributed by atoms with Crippen molar-refractivity contribution in [3.63, 3.8) is 0 Å². The van der Waals surface area contributed by atoms with E-state index in [-0.39, 0.29) is 6.67 Å². The predicted molar refractivity (Wildman–Crippen MR) is 48.7 cm³/mol. The molecule has 0 atom stereocenters. The lowest BCUT2D eigenvalue weighted by Crippen LogP contribution is -1.84. The van der Waals surface area contributed by atoms with E-state index in [9.17, 15) is 4.39 Å². The van der Waals surface area contributed by atoms with E-state index in [0.717, 1.165) is 9.13 Å². The van der Waals surface area contributed by atoms with Gasteiger partial charge in [0.05, 0.1) is 0 Å². The van der Waals surface area contributed by atoms with Crippen LogP contribution in [0.3, 0.4) is 0 Å². The van der Waals surface area contributed by atoms with Crippen LogP contribution in [0.25, 0.3) is 0 Å². The summed E-state index contributed by atoms with van der Waals surface area (Å²) < 4.78 is 13.1. The molecule has 0 aliphatic carbocycles. The van der Waals surface area contributed by atoms with Crippen molar-refractivity contribution in [2.75, 3.05) is 0 Å². The molecule has 0 aromatic heterocycles. The molecular weight excluding hydrogens is 242 g/mol. The van der Waals surface area contributed by atoms with Crippen LogP contribution in [0.15, 0.2) is 18.2 Å². The topological polar surface area (TPSA) is 0 Å². The Morgan fingerprint density at radius 3 is 2.70 bits per heavy atom. The van der Waals surface area contributed by atoms with Gasteiger partial charge in [-0.3, -0.25) is 0 Å². The van der Waals surface area contributed by atoms with Crippen molar-refractivity contribution in [3.8, 4) is 0 Å². The highest BCUT2D eigenvalue weighted by atomic mass is 127. The minimum Gasteiger partial charge on any atom is -0.246 e. The Balaban J connectivity index is 3.07. The molecule has 0 N–H and O–H groups in total. The highest BCUT2D eigenvalue weighted by molar-refractivity contribution is 14.1. The molecule has 0 saturated carbocycles. The molecular formula is C8H8FI. The fraction of sp³-hybridized carbons (Fsp3) is 0.250. The maximum absolute atomic E-state index is 12.1. The molecule has 2 heteroatoms. The fourth-order valence-corrected chi connectivity index (χ4v) is 1.58. The molecule has 0 nitrogen and oxygen atoms in total. The number of alkyl halides is 1. The minimum absolute atomic E-state index is 0.363. The summed E-state index contributed by atoms with van der Waals surface area (Å²) in [6.45, 7) is 1.64. The third-order valence-corrected chi connectivity index (χ3v) is 2.36. The van der Waals surface area contributed by atoms with Crippen LogP contribution in [0.2, 0.25) is 0 Å².